The average Bonchev–Trinajstić information content (AvgIpc) is 3.46. The molecular weight excluding hydrogens is 1030 g/mol. The fraction of sp³-hybridized carbons (Fsp3) is 0.554. The number of hydrogen-bond donors (Lipinski definition) is 0. The Morgan fingerprint density at radius 3 is 0.976 bits per heavy atom. The summed E-state index contributed by atoms with van der Waals surface area (Å²) in [6.45, 7) is 4.44. The largest absolute Gasteiger partial charge is 0.545 e. The van der Waals surface area contributed by atoms with Gasteiger partial charge in [0.05, 0.1) is 40.3 Å². The first-order valence-corrected chi connectivity index (χ1v) is 31.9. The third-order valence-electron chi connectivity index (χ3n) is 12.6. The summed E-state index contributed by atoms with van der Waals surface area (Å²) in [5, 5.41) is 11.8. The molecule has 0 aromatic heterocycles. The summed E-state index contributed by atoms with van der Waals surface area (Å²) in [5.41, 5.74) is 0. The van der Waals surface area contributed by atoms with Crippen molar-refractivity contribution < 1.29 is 42.9 Å². The number of unbranched alkanes of at least 4 members (excludes halogenated alkanes) is 11. The van der Waals surface area contributed by atoms with Crippen LogP contribution in [0.1, 0.15) is 206 Å². The van der Waals surface area contributed by atoms with Crippen molar-refractivity contribution >= 4 is 17.9 Å². The van der Waals surface area contributed by atoms with Crippen LogP contribution in [0.4, 0.5) is 0 Å². The Morgan fingerprint density at radius 1 is 0.361 bits per heavy atom. The molecule has 0 aliphatic carbocycles. The summed E-state index contributed by atoms with van der Waals surface area (Å²) < 4.78 is 22.7. The normalized spacial score (nSPS) is 14.0. The standard InChI is InChI=1S/C74H115NO8/c1-6-8-10-12-14-16-18-20-22-24-26-28-30-32-33-34-35-36-37-38-39-41-43-45-47-49-51-53-55-57-59-61-63-65-72(77)83-70(69-82-74(73(78)79)80-67-66-75(3,4)5)68-81-71(76)64-62-60-58-56-54-52-50-48-46-44-42-40-31-29-27-25-23-21-19-17-15-13-11-9-7-2/h8-11,14-17,20-23,26-29,32-33,35-36,38-40,42-43,45-46,48,52,54,70,74H,6-7,12-13,18-19,24-25,30-31,34,37,41,44,47,49-51,53,55-69H2,1-5H3/b10-8-,11-9-,16-14-,17-15-,22-20-,23-21-,28-26-,29-27-,33-32-,36-35-,39-38-,42-40-,45-43-,48-46-,54-52-. The van der Waals surface area contributed by atoms with E-state index in [-0.39, 0.29) is 32.7 Å². The van der Waals surface area contributed by atoms with Crippen LogP contribution in [0.5, 0.6) is 0 Å². The fourth-order valence-electron chi connectivity index (χ4n) is 7.82. The number of carbonyl (C=O) groups excluding carboxylic acids is 3. The highest BCUT2D eigenvalue weighted by Gasteiger charge is 2.22. The van der Waals surface area contributed by atoms with E-state index in [1.165, 1.54) is 25.7 Å². The fourth-order valence-corrected chi connectivity index (χ4v) is 7.82. The molecule has 0 rings (SSSR count). The van der Waals surface area contributed by atoms with Crippen LogP contribution in [-0.4, -0.2) is 82.3 Å². The van der Waals surface area contributed by atoms with E-state index in [9.17, 15) is 19.5 Å². The van der Waals surface area contributed by atoms with E-state index in [0.29, 0.717) is 23.9 Å². The summed E-state index contributed by atoms with van der Waals surface area (Å²) in [4.78, 5) is 37.4. The van der Waals surface area contributed by atoms with E-state index >= 15 is 0 Å². The number of carbonyl (C=O) groups is 3. The number of allylic oxidation sites excluding steroid dienone is 30. The number of ether oxygens (including phenoxy) is 4. The molecule has 0 aromatic carbocycles. The Bertz CT molecular complexity index is 2010. The van der Waals surface area contributed by atoms with Crippen LogP contribution >= 0.6 is 0 Å². The van der Waals surface area contributed by atoms with E-state index in [4.69, 9.17) is 18.9 Å². The second kappa shape index (κ2) is 62.4. The number of carboxylic acid groups (broad SMARTS) is 1. The van der Waals surface area contributed by atoms with Gasteiger partial charge in [0.25, 0.3) is 0 Å². The van der Waals surface area contributed by atoms with Crippen molar-refractivity contribution in [3.05, 3.63) is 182 Å². The molecule has 2 unspecified atom stereocenters. The monoisotopic (exact) mass is 1150 g/mol. The van der Waals surface area contributed by atoms with Crippen LogP contribution < -0.4 is 5.11 Å². The molecule has 0 aliphatic rings. The molecule has 0 saturated carbocycles. The van der Waals surface area contributed by atoms with Gasteiger partial charge in [-0.05, 0) is 135 Å². The second-order valence-corrected chi connectivity index (χ2v) is 21.6. The van der Waals surface area contributed by atoms with Gasteiger partial charge in [-0.3, -0.25) is 9.59 Å². The molecule has 0 bridgehead atoms. The first kappa shape index (κ1) is 77.4. The van der Waals surface area contributed by atoms with Crippen LogP contribution in [0.2, 0.25) is 0 Å². The molecule has 9 heteroatoms. The quantitative estimate of drug-likeness (QED) is 0.0195. The number of esters is 2. The Hall–Kier alpha value is -5.61. The summed E-state index contributed by atoms with van der Waals surface area (Å²) in [6.07, 6.45) is 92.3. The number of carboxylic acids is 1. The van der Waals surface area contributed by atoms with E-state index in [2.05, 4.69) is 196 Å². The minimum absolute atomic E-state index is 0.129. The van der Waals surface area contributed by atoms with Gasteiger partial charge in [-0.15, -0.1) is 0 Å². The molecule has 9 nitrogen and oxygen atoms in total. The molecule has 0 spiro atoms. The van der Waals surface area contributed by atoms with Gasteiger partial charge in [-0.2, -0.15) is 0 Å². The van der Waals surface area contributed by atoms with Crippen molar-refractivity contribution in [2.45, 2.75) is 219 Å². The highest BCUT2D eigenvalue weighted by molar-refractivity contribution is 5.70. The number of hydrogen-bond acceptors (Lipinski definition) is 8. The Kier molecular flexibility index (Phi) is 58.2. The Labute approximate surface area is 507 Å². The summed E-state index contributed by atoms with van der Waals surface area (Å²) in [5.74, 6) is -2.36. The predicted octanol–water partition coefficient (Wildman–Crippen LogP) is 18.3. The van der Waals surface area contributed by atoms with Crippen LogP contribution in [0.15, 0.2) is 182 Å². The maximum Gasteiger partial charge on any atom is 0.306 e. The van der Waals surface area contributed by atoms with Crippen LogP contribution in [0.25, 0.3) is 0 Å². The molecule has 0 fully saturated rings. The Morgan fingerprint density at radius 2 is 0.651 bits per heavy atom. The molecule has 0 radical (unpaired) electrons. The molecule has 0 heterocycles. The van der Waals surface area contributed by atoms with Crippen molar-refractivity contribution in [2.24, 2.45) is 0 Å². The summed E-state index contributed by atoms with van der Waals surface area (Å²) in [7, 11) is 5.89. The van der Waals surface area contributed by atoms with Gasteiger partial charge >= 0.3 is 11.9 Å². The average molecular weight is 1150 g/mol. The van der Waals surface area contributed by atoms with Crippen LogP contribution in [0.3, 0.4) is 0 Å². The second-order valence-electron chi connectivity index (χ2n) is 21.6. The predicted molar refractivity (Wildman–Crippen MR) is 351 cm³/mol. The molecule has 0 amide bonds. The zero-order chi connectivity index (χ0) is 60.5. The molecule has 464 valence electrons. The third kappa shape index (κ3) is 63.8. The number of aliphatic carboxylic acids is 1. The van der Waals surface area contributed by atoms with E-state index in [1.54, 1.807) is 0 Å². The van der Waals surface area contributed by atoms with Crippen molar-refractivity contribution in [3.63, 3.8) is 0 Å². The summed E-state index contributed by atoms with van der Waals surface area (Å²) in [6, 6.07) is 0. The zero-order valence-corrected chi connectivity index (χ0v) is 52.7. The van der Waals surface area contributed by atoms with Gasteiger partial charge < -0.3 is 33.3 Å². The first-order chi connectivity index (χ1) is 40.6. The van der Waals surface area contributed by atoms with Crippen LogP contribution in [0, 0.1) is 0 Å². The SMILES string of the molecule is CC/C=C\C/C=C\C/C=C\C/C=C\C/C=C\C/C=C\C/C=C\C/C=C\CCCCCCCCCCC(=O)OC(COC(=O)CCCCC/C=C\C/C=C\C/C=C\C/C=C\C/C=C\C/C=C\C/C=C\CC)COC(OCC[N+](C)(C)C)C(=O)[O-]. The number of nitrogens with zero attached hydrogens (tertiary/aromatic N) is 1. The van der Waals surface area contributed by atoms with Gasteiger partial charge in [0, 0.05) is 12.8 Å². The van der Waals surface area contributed by atoms with Gasteiger partial charge in [0.2, 0.25) is 0 Å². The minimum atomic E-state index is -1.65. The van der Waals surface area contributed by atoms with Crippen molar-refractivity contribution in [1.29, 1.82) is 0 Å². The zero-order valence-electron chi connectivity index (χ0n) is 52.7. The van der Waals surface area contributed by atoms with E-state index in [0.717, 1.165) is 141 Å². The molecule has 0 aromatic rings. The molecule has 0 N–H and O–H groups in total. The van der Waals surface area contributed by atoms with Crippen LogP contribution in [-0.2, 0) is 33.3 Å². The lowest BCUT2D eigenvalue weighted by molar-refractivity contribution is -0.870. The van der Waals surface area contributed by atoms with E-state index < -0.39 is 30.3 Å². The van der Waals surface area contributed by atoms with E-state index in [1.807, 2.05) is 21.1 Å². The molecular formula is C74H115NO8. The molecule has 0 aliphatic heterocycles. The van der Waals surface area contributed by atoms with Gasteiger partial charge in [-0.1, -0.05) is 241 Å². The van der Waals surface area contributed by atoms with Crippen molar-refractivity contribution in [2.75, 3.05) is 47.5 Å². The number of likely N-dealkylation sites (N-methyl/N-ethyl adjacent to an activating group) is 1. The first-order valence-electron chi connectivity index (χ1n) is 31.9. The van der Waals surface area contributed by atoms with Gasteiger partial charge in [0.15, 0.2) is 12.4 Å². The third-order valence-corrected chi connectivity index (χ3v) is 12.6. The van der Waals surface area contributed by atoms with Gasteiger partial charge in [0.1, 0.15) is 13.2 Å². The molecule has 83 heavy (non-hydrogen) atoms. The maximum absolute atomic E-state index is 12.9. The number of quaternary nitrogens is 1. The van der Waals surface area contributed by atoms with Gasteiger partial charge in [-0.25, -0.2) is 0 Å². The highest BCUT2D eigenvalue weighted by Crippen LogP contribution is 2.13. The lowest BCUT2D eigenvalue weighted by atomic mass is 10.1. The lowest BCUT2D eigenvalue weighted by Crippen LogP contribution is -2.44. The maximum atomic E-state index is 12.9. The minimum Gasteiger partial charge on any atom is -0.545 e. The highest BCUT2D eigenvalue weighted by atomic mass is 16.7. The topological polar surface area (TPSA) is 111 Å². The molecule has 0 saturated heterocycles. The van der Waals surface area contributed by atoms with Crippen molar-refractivity contribution in [1.82, 2.24) is 0 Å². The Balaban J connectivity index is 4.33. The number of rotatable bonds is 56. The lowest BCUT2D eigenvalue weighted by Gasteiger charge is -2.26. The summed E-state index contributed by atoms with van der Waals surface area (Å²) >= 11 is 0. The molecule has 2 atom stereocenters. The van der Waals surface area contributed by atoms with Crippen molar-refractivity contribution in [3.8, 4) is 0 Å². The smallest absolute Gasteiger partial charge is 0.306 e.